The summed E-state index contributed by atoms with van der Waals surface area (Å²) in [5.74, 6) is -0.867. The average molecular weight is 496 g/mol. The van der Waals surface area contributed by atoms with Crippen molar-refractivity contribution in [3.63, 3.8) is 0 Å². The molecule has 5 aromatic rings. The Labute approximate surface area is 209 Å². The van der Waals surface area contributed by atoms with Crippen LogP contribution >= 0.6 is 11.6 Å². The van der Waals surface area contributed by atoms with E-state index in [-0.39, 0.29) is 12.3 Å². The molecule has 3 heterocycles. The quantitative estimate of drug-likeness (QED) is 0.358. The van der Waals surface area contributed by atoms with Gasteiger partial charge in [-0.1, -0.05) is 41.9 Å². The molecule has 2 amide bonds. The van der Waals surface area contributed by atoms with Gasteiger partial charge in [-0.3, -0.25) is 9.59 Å². The number of nitrogens with zero attached hydrogens (tertiary/aromatic N) is 5. The summed E-state index contributed by atoms with van der Waals surface area (Å²) < 4.78 is 1.76. The van der Waals surface area contributed by atoms with Crippen molar-refractivity contribution in [2.24, 2.45) is 5.10 Å². The second-order valence-corrected chi connectivity index (χ2v) is 8.91. The Morgan fingerprint density at radius 1 is 1.03 bits per heavy atom. The summed E-state index contributed by atoms with van der Waals surface area (Å²) in [6, 6.07) is 19.3. The van der Waals surface area contributed by atoms with Gasteiger partial charge < -0.3 is 9.67 Å². The zero-order valence-corrected chi connectivity index (χ0v) is 19.8. The fourth-order valence-corrected chi connectivity index (χ4v) is 4.53. The highest BCUT2D eigenvalue weighted by Crippen LogP contribution is 2.29. The van der Waals surface area contributed by atoms with Gasteiger partial charge in [0.15, 0.2) is 5.65 Å². The van der Waals surface area contributed by atoms with Crippen molar-refractivity contribution in [1.82, 2.24) is 19.5 Å². The van der Waals surface area contributed by atoms with Gasteiger partial charge >= 0.3 is 0 Å². The Kier molecular flexibility index (Phi) is 5.05. The lowest BCUT2D eigenvalue weighted by molar-refractivity contribution is -0.141. The number of rotatable bonds is 3. The molecule has 0 unspecified atom stereocenters. The minimum atomic E-state index is -0.502. The van der Waals surface area contributed by atoms with E-state index in [0.717, 1.165) is 15.9 Å². The summed E-state index contributed by atoms with van der Waals surface area (Å²) in [7, 11) is 0. The van der Waals surface area contributed by atoms with Crippen LogP contribution in [-0.4, -0.2) is 42.2 Å². The number of benzene rings is 3. The molecular formula is C27H18ClN5O3. The molecule has 0 fully saturated rings. The number of halogens is 1. The van der Waals surface area contributed by atoms with Crippen LogP contribution in [0.1, 0.15) is 12.5 Å². The summed E-state index contributed by atoms with van der Waals surface area (Å²) in [6.45, 7) is 1.54. The molecule has 9 heteroatoms. The summed E-state index contributed by atoms with van der Waals surface area (Å²) >= 11 is 6.15. The Morgan fingerprint density at radius 2 is 1.81 bits per heavy atom. The Balaban J connectivity index is 1.39. The third-order valence-corrected chi connectivity index (χ3v) is 6.34. The summed E-state index contributed by atoms with van der Waals surface area (Å²) in [5.41, 5.74) is 4.72. The number of carbonyl (C=O) groups is 2. The van der Waals surface area contributed by atoms with E-state index in [1.807, 2.05) is 24.3 Å². The van der Waals surface area contributed by atoms with Crippen LogP contribution in [0.4, 0.5) is 0 Å². The van der Waals surface area contributed by atoms with Gasteiger partial charge in [0.25, 0.3) is 11.8 Å². The smallest absolute Gasteiger partial charge is 0.283 e. The normalized spacial score (nSPS) is 14.9. The number of phenolic OH excluding ortho intramolecular Hbond substituents is 1. The van der Waals surface area contributed by atoms with E-state index in [2.05, 4.69) is 5.10 Å². The molecule has 0 radical (unpaired) electrons. The first-order valence-corrected chi connectivity index (χ1v) is 11.5. The monoisotopic (exact) mass is 495 g/mol. The topological polar surface area (TPSA) is 101 Å². The molecule has 2 aromatic heterocycles. The molecule has 0 aliphatic carbocycles. The minimum Gasteiger partial charge on any atom is -0.508 e. The van der Waals surface area contributed by atoms with Crippen LogP contribution < -0.4 is 0 Å². The van der Waals surface area contributed by atoms with Gasteiger partial charge in [0.1, 0.15) is 17.8 Å². The highest BCUT2D eigenvalue weighted by Gasteiger charge is 2.33. The van der Waals surface area contributed by atoms with Crippen LogP contribution in [0, 0.1) is 0 Å². The zero-order valence-electron chi connectivity index (χ0n) is 19.0. The molecule has 0 saturated carbocycles. The maximum Gasteiger partial charge on any atom is 0.283 e. The van der Waals surface area contributed by atoms with E-state index in [9.17, 15) is 14.7 Å². The van der Waals surface area contributed by atoms with Gasteiger partial charge in [-0.2, -0.15) is 10.1 Å². The van der Waals surface area contributed by atoms with Crippen molar-refractivity contribution in [2.75, 3.05) is 0 Å². The van der Waals surface area contributed by atoms with E-state index < -0.39 is 11.8 Å². The highest BCUT2D eigenvalue weighted by atomic mass is 35.5. The van der Waals surface area contributed by atoms with E-state index >= 15 is 0 Å². The van der Waals surface area contributed by atoms with Crippen molar-refractivity contribution in [3.05, 3.63) is 82.9 Å². The van der Waals surface area contributed by atoms with Crippen LogP contribution in [0.25, 0.3) is 39.2 Å². The average Bonchev–Trinajstić information content (AvgIpc) is 3.32. The zero-order chi connectivity index (χ0) is 25.0. The van der Waals surface area contributed by atoms with Gasteiger partial charge in [-0.25, -0.2) is 9.97 Å². The van der Waals surface area contributed by atoms with E-state index in [1.165, 1.54) is 12.1 Å². The predicted octanol–water partition coefficient (Wildman–Crippen LogP) is 4.93. The molecule has 6 rings (SSSR count). The Morgan fingerprint density at radius 3 is 2.61 bits per heavy atom. The van der Waals surface area contributed by atoms with Crippen LogP contribution in [0.3, 0.4) is 0 Å². The fraction of sp³-hybridized carbons (Fsp3) is 0.0741. The van der Waals surface area contributed by atoms with Gasteiger partial charge in [0, 0.05) is 10.4 Å². The number of carbonyl (C=O) groups excluding carboxylic acids is 2. The number of hydrogen-bond acceptors (Lipinski definition) is 6. The molecule has 176 valence electrons. The molecule has 0 bridgehead atoms. The minimum absolute atomic E-state index is 0.127. The summed E-state index contributed by atoms with van der Waals surface area (Å²) in [4.78, 5) is 36.0. The molecular weight excluding hydrogens is 478 g/mol. The van der Waals surface area contributed by atoms with Crippen molar-refractivity contribution < 1.29 is 14.7 Å². The van der Waals surface area contributed by atoms with Crippen molar-refractivity contribution in [1.29, 1.82) is 0 Å². The number of aromatic hydroxyl groups is 1. The van der Waals surface area contributed by atoms with E-state index in [1.54, 1.807) is 47.9 Å². The number of phenols is 1. The molecule has 1 aliphatic heterocycles. The first kappa shape index (κ1) is 21.9. The van der Waals surface area contributed by atoms with Crippen molar-refractivity contribution in [2.45, 2.75) is 13.5 Å². The maximum absolute atomic E-state index is 13.4. The third-order valence-electron chi connectivity index (χ3n) is 6.11. The maximum atomic E-state index is 13.4. The van der Waals surface area contributed by atoms with Crippen LogP contribution in [0.15, 0.2) is 77.4 Å². The molecule has 1 N–H and O–H groups in total. The van der Waals surface area contributed by atoms with Gasteiger partial charge in [0.2, 0.25) is 0 Å². The number of fused-ring (bicyclic) bond motifs is 4. The van der Waals surface area contributed by atoms with Gasteiger partial charge in [0.05, 0.1) is 27.8 Å². The third kappa shape index (κ3) is 3.59. The number of hydrogen-bond donors (Lipinski definition) is 1. The van der Waals surface area contributed by atoms with Gasteiger partial charge in [-0.05, 0) is 55.0 Å². The second kappa shape index (κ2) is 8.28. The number of imide groups is 1. The molecule has 0 saturated heterocycles. The number of aromatic nitrogens is 3. The lowest BCUT2D eigenvalue weighted by Crippen LogP contribution is -2.32. The highest BCUT2D eigenvalue weighted by molar-refractivity contribution is 6.31. The number of para-hydroxylation sites is 1. The molecule has 0 atom stereocenters. The second-order valence-electron chi connectivity index (χ2n) is 8.48. The molecule has 36 heavy (non-hydrogen) atoms. The molecule has 3 aromatic carbocycles. The van der Waals surface area contributed by atoms with Crippen LogP contribution in [-0.2, 0) is 16.1 Å². The largest absolute Gasteiger partial charge is 0.508 e. The standard InChI is InChI=1S/C27H18ClN5O3/c1-15-20(12-16-6-9-18(34)10-7-16)27(36)33(31-15)24(35)14-32-23-5-3-2-4-19(23)25-26(32)30-21-11-8-17(28)13-22(21)29-25/h2-13,34H,14H2,1H3. The van der Waals surface area contributed by atoms with Crippen molar-refractivity contribution in [3.8, 4) is 5.75 Å². The molecule has 8 nitrogen and oxygen atoms in total. The van der Waals surface area contributed by atoms with Crippen LogP contribution in [0.5, 0.6) is 5.75 Å². The number of amides is 2. The van der Waals surface area contributed by atoms with E-state index in [0.29, 0.717) is 44.1 Å². The predicted molar refractivity (Wildman–Crippen MR) is 139 cm³/mol. The summed E-state index contributed by atoms with van der Waals surface area (Å²) in [5, 5.41) is 16.0. The van der Waals surface area contributed by atoms with Gasteiger partial charge in [-0.15, -0.1) is 0 Å². The molecule has 1 aliphatic rings. The number of hydrazone groups is 1. The van der Waals surface area contributed by atoms with Crippen molar-refractivity contribution >= 4 is 68.3 Å². The summed E-state index contributed by atoms with van der Waals surface area (Å²) in [6.07, 6.45) is 1.65. The fourth-order valence-electron chi connectivity index (χ4n) is 4.36. The first-order chi connectivity index (χ1) is 17.4. The Hall–Kier alpha value is -4.56. The lowest BCUT2D eigenvalue weighted by Gasteiger charge is -2.12. The van der Waals surface area contributed by atoms with E-state index in [4.69, 9.17) is 21.6 Å². The molecule has 0 spiro atoms. The van der Waals surface area contributed by atoms with Crippen LogP contribution in [0.2, 0.25) is 5.02 Å². The lowest BCUT2D eigenvalue weighted by atomic mass is 10.1. The first-order valence-electron chi connectivity index (χ1n) is 11.2. The SMILES string of the molecule is CC1=NN(C(=O)Cn2c3ccccc3c3nc4cc(Cl)ccc4nc32)C(=O)C1=Cc1ccc(O)cc1. The Bertz CT molecular complexity index is 1790.